The number of carboxylic acid groups (broad SMARTS) is 1. The Morgan fingerprint density at radius 2 is 2.11 bits per heavy atom. The van der Waals surface area contributed by atoms with Gasteiger partial charge < -0.3 is 9.84 Å². The third-order valence-corrected chi connectivity index (χ3v) is 5.41. The largest absolute Gasteiger partial charge is 0.481 e. The fourth-order valence-corrected chi connectivity index (χ4v) is 4.30. The molecule has 0 amide bonds. The summed E-state index contributed by atoms with van der Waals surface area (Å²) in [6, 6.07) is 0.645. The summed E-state index contributed by atoms with van der Waals surface area (Å²) in [5.74, 6) is 0.163. The summed E-state index contributed by atoms with van der Waals surface area (Å²) in [6.07, 6.45) is 8.21. The Labute approximate surface area is 115 Å². The van der Waals surface area contributed by atoms with Gasteiger partial charge in [0.2, 0.25) is 0 Å². The molecule has 0 aromatic carbocycles. The molecule has 1 aliphatic carbocycles. The monoisotopic (exact) mass is 267 g/mol. The van der Waals surface area contributed by atoms with Gasteiger partial charge >= 0.3 is 5.97 Å². The van der Waals surface area contributed by atoms with Gasteiger partial charge in [0.1, 0.15) is 5.41 Å². The molecule has 4 heteroatoms. The van der Waals surface area contributed by atoms with Gasteiger partial charge in [0.05, 0.1) is 6.61 Å². The zero-order valence-electron chi connectivity index (χ0n) is 11.6. The van der Waals surface area contributed by atoms with Crippen LogP contribution in [-0.2, 0) is 9.53 Å². The van der Waals surface area contributed by atoms with Crippen LogP contribution in [0.25, 0.3) is 0 Å². The van der Waals surface area contributed by atoms with Gasteiger partial charge in [-0.25, -0.2) is 0 Å². The molecule has 3 aliphatic rings. The van der Waals surface area contributed by atoms with E-state index in [9.17, 15) is 9.90 Å². The van der Waals surface area contributed by atoms with E-state index in [1.54, 1.807) is 0 Å². The Morgan fingerprint density at radius 1 is 1.26 bits per heavy atom. The van der Waals surface area contributed by atoms with E-state index in [1.807, 2.05) is 0 Å². The molecule has 3 fully saturated rings. The maximum atomic E-state index is 11.7. The lowest BCUT2D eigenvalue weighted by Gasteiger charge is -2.40. The number of hydrogen-bond acceptors (Lipinski definition) is 3. The number of hydrogen-bond donors (Lipinski definition) is 1. The van der Waals surface area contributed by atoms with Gasteiger partial charge in [-0.2, -0.15) is 0 Å². The van der Waals surface area contributed by atoms with E-state index in [2.05, 4.69) is 4.90 Å². The van der Waals surface area contributed by atoms with Crippen molar-refractivity contribution < 1.29 is 14.6 Å². The first-order chi connectivity index (χ1) is 9.21. The van der Waals surface area contributed by atoms with Gasteiger partial charge in [0, 0.05) is 19.2 Å². The lowest BCUT2D eigenvalue weighted by molar-refractivity contribution is -0.159. The van der Waals surface area contributed by atoms with E-state index in [-0.39, 0.29) is 0 Å². The van der Waals surface area contributed by atoms with Gasteiger partial charge in [-0.1, -0.05) is 12.8 Å². The van der Waals surface area contributed by atoms with Crippen LogP contribution in [0.2, 0.25) is 0 Å². The summed E-state index contributed by atoms with van der Waals surface area (Å²) >= 11 is 0. The van der Waals surface area contributed by atoms with Crippen molar-refractivity contribution in [3.05, 3.63) is 0 Å². The van der Waals surface area contributed by atoms with Gasteiger partial charge in [0.25, 0.3) is 0 Å². The van der Waals surface area contributed by atoms with Crippen molar-refractivity contribution in [2.45, 2.75) is 51.0 Å². The van der Waals surface area contributed by atoms with Crippen LogP contribution in [0.1, 0.15) is 44.9 Å². The van der Waals surface area contributed by atoms with Gasteiger partial charge in [-0.3, -0.25) is 9.69 Å². The molecule has 0 aromatic heterocycles. The van der Waals surface area contributed by atoms with Crippen LogP contribution in [0.3, 0.4) is 0 Å². The first-order valence-electron chi connectivity index (χ1n) is 7.76. The third kappa shape index (κ3) is 2.52. The number of carbonyl (C=O) groups is 1. The topological polar surface area (TPSA) is 49.8 Å². The smallest absolute Gasteiger partial charge is 0.313 e. The molecule has 0 bridgehead atoms. The maximum absolute atomic E-state index is 11.7. The summed E-state index contributed by atoms with van der Waals surface area (Å²) in [6.45, 7) is 2.91. The molecule has 0 spiro atoms. The highest BCUT2D eigenvalue weighted by atomic mass is 16.5. The highest BCUT2D eigenvalue weighted by Gasteiger charge is 2.46. The van der Waals surface area contributed by atoms with E-state index in [0.29, 0.717) is 19.2 Å². The minimum atomic E-state index is -0.661. The molecule has 19 heavy (non-hydrogen) atoms. The molecule has 0 radical (unpaired) electrons. The van der Waals surface area contributed by atoms with Crippen molar-refractivity contribution in [1.82, 2.24) is 4.90 Å². The second-order valence-electron chi connectivity index (χ2n) is 6.61. The number of carboxylic acids is 1. The highest BCUT2D eigenvalue weighted by Crippen LogP contribution is 2.39. The van der Waals surface area contributed by atoms with Crippen molar-refractivity contribution in [2.24, 2.45) is 11.3 Å². The number of likely N-dealkylation sites (tertiary alicyclic amines) is 1. The predicted molar refractivity (Wildman–Crippen MR) is 72.1 cm³/mol. The lowest BCUT2D eigenvalue weighted by atomic mass is 9.80. The minimum Gasteiger partial charge on any atom is -0.481 e. The van der Waals surface area contributed by atoms with E-state index in [0.717, 1.165) is 31.9 Å². The zero-order chi connectivity index (χ0) is 13.3. The molecule has 2 heterocycles. The van der Waals surface area contributed by atoms with Crippen LogP contribution >= 0.6 is 0 Å². The van der Waals surface area contributed by atoms with E-state index in [4.69, 9.17) is 4.74 Å². The summed E-state index contributed by atoms with van der Waals surface area (Å²) in [5.41, 5.74) is -0.648. The van der Waals surface area contributed by atoms with E-state index >= 15 is 0 Å². The lowest BCUT2D eigenvalue weighted by Crippen LogP contribution is -2.50. The number of nitrogens with zero attached hydrogens (tertiary/aromatic N) is 1. The SMILES string of the molecule is O=C(O)C1(CN2CCC3CCCCC32)CCCOC1. The Kier molecular flexibility index (Phi) is 3.81. The van der Waals surface area contributed by atoms with Crippen LogP contribution in [0.15, 0.2) is 0 Å². The van der Waals surface area contributed by atoms with Gasteiger partial charge in [-0.05, 0) is 44.6 Å². The van der Waals surface area contributed by atoms with Crippen molar-refractivity contribution in [3.8, 4) is 0 Å². The van der Waals surface area contributed by atoms with Crippen molar-refractivity contribution >= 4 is 5.97 Å². The third-order valence-electron chi connectivity index (χ3n) is 5.41. The van der Waals surface area contributed by atoms with Crippen molar-refractivity contribution in [3.63, 3.8) is 0 Å². The Balaban J connectivity index is 1.70. The Hall–Kier alpha value is -0.610. The second-order valence-corrected chi connectivity index (χ2v) is 6.61. The van der Waals surface area contributed by atoms with E-state index < -0.39 is 11.4 Å². The molecule has 108 valence electrons. The minimum absolute atomic E-state index is 0.399. The van der Waals surface area contributed by atoms with Gasteiger partial charge in [-0.15, -0.1) is 0 Å². The summed E-state index contributed by atoms with van der Waals surface area (Å²) < 4.78 is 5.49. The molecular formula is C15H25NO3. The van der Waals surface area contributed by atoms with Crippen LogP contribution < -0.4 is 0 Å². The van der Waals surface area contributed by atoms with Crippen molar-refractivity contribution in [1.29, 1.82) is 0 Å². The first-order valence-corrected chi connectivity index (χ1v) is 7.76. The molecule has 1 saturated carbocycles. The standard InChI is InChI=1S/C15H25NO3/c17-14(18)15(7-3-9-19-11-15)10-16-8-6-12-4-1-2-5-13(12)16/h12-13H,1-11H2,(H,17,18). The molecule has 3 rings (SSSR count). The molecule has 4 nitrogen and oxygen atoms in total. The molecule has 1 N–H and O–H groups in total. The molecule has 3 atom stereocenters. The number of rotatable bonds is 3. The molecule has 2 aliphatic heterocycles. The normalized spacial score (nSPS) is 40.0. The molecule has 2 saturated heterocycles. The summed E-state index contributed by atoms with van der Waals surface area (Å²) in [7, 11) is 0. The average molecular weight is 267 g/mol. The average Bonchev–Trinajstić information content (AvgIpc) is 2.83. The fraction of sp³-hybridized carbons (Fsp3) is 0.933. The fourth-order valence-electron chi connectivity index (χ4n) is 4.30. The second kappa shape index (κ2) is 5.41. The Bertz CT molecular complexity index is 338. The number of ether oxygens (including phenoxy) is 1. The van der Waals surface area contributed by atoms with Crippen LogP contribution in [0.5, 0.6) is 0 Å². The summed E-state index contributed by atoms with van der Waals surface area (Å²) in [5, 5.41) is 9.64. The highest BCUT2D eigenvalue weighted by molar-refractivity contribution is 5.75. The number of aliphatic carboxylic acids is 1. The Morgan fingerprint density at radius 3 is 2.84 bits per heavy atom. The molecule has 3 unspecified atom stereocenters. The van der Waals surface area contributed by atoms with Crippen LogP contribution in [-0.4, -0.2) is 48.3 Å². The zero-order valence-corrected chi connectivity index (χ0v) is 11.6. The quantitative estimate of drug-likeness (QED) is 0.851. The number of fused-ring (bicyclic) bond motifs is 1. The van der Waals surface area contributed by atoms with Crippen LogP contribution in [0.4, 0.5) is 0 Å². The molecular weight excluding hydrogens is 242 g/mol. The maximum Gasteiger partial charge on any atom is 0.313 e. The summed E-state index contributed by atoms with van der Waals surface area (Å²) in [4.78, 5) is 14.2. The molecule has 0 aromatic rings. The first kappa shape index (κ1) is 13.4. The predicted octanol–water partition coefficient (Wildman–Crippen LogP) is 2.13. The van der Waals surface area contributed by atoms with Crippen molar-refractivity contribution in [2.75, 3.05) is 26.3 Å². The van der Waals surface area contributed by atoms with E-state index in [1.165, 1.54) is 32.1 Å². The van der Waals surface area contributed by atoms with Crippen LogP contribution in [0, 0.1) is 11.3 Å². The van der Waals surface area contributed by atoms with Gasteiger partial charge in [0.15, 0.2) is 0 Å².